The summed E-state index contributed by atoms with van der Waals surface area (Å²) in [6.45, 7) is 0. The maximum atomic E-state index is 11.5. The normalized spacial score (nSPS) is 10.7. The van der Waals surface area contributed by atoms with Gasteiger partial charge in [0.05, 0.1) is 19.0 Å². The van der Waals surface area contributed by atoms with Crippen molar-refractivity contribution in [1.82, 2.24) is 14.5 Å². The number of hydrogen-bond donors (Lipinski definition) is 0. The third-order valence-electron chi connectivity index (χ3n) is 3.20. The molecule has 0 aliphatic heterocycles. The van der Waals surface area contributed by atoms with Crippen LogP contribution >= 0.6 is 0 Å². The fraction of sp³-hybridized carbons (Fsp3) is 0.133. The van der Waals surface area contributed by atoms with Crippen LogP contribution < -0.4 is 0 Å². The SMILES string of the molecule is COC(=O)c1cnc2cc(-c3ccccc3)n(C)c2n1. The van der Waals surface area contributed by atoms with Gasteiger partial charge in [0.1, 0.15) is 5.52 Å². The van der Waals surface area contributed by atoms with E-state index < -0.39 is 5.97 Å². The third kappa shape index (κ3) is 1.93. The van der Waals surface area contributed by atoms with Crippen molar-refractivity contribution in [2.75, 3.05) is 7.11 Å². The molecule has 0 aliphatic rings. The van der Waals surface area contributed by atoms with E-state index in [2.05, 4.69) is 14.7 Å². The number of rotatable bonds is 2. The third-order valence-corrected chi connectivity index (χ3v) is 3.20. The Kier molecular flexibility index (Phi) is 2.95. The van der Waals surface area contributed by atoms with Gasteiger partial charge in [-0.2, -0.15) is 0 Å². The van der Waals surface area contributed by atoms with Gasteiger partial charge in [0.25, 0.3) is 0 Å². The minimum Gasteiger partial charge on any atom is -0.464 e. The van der Waals surface area contributed by atoms with Gasteiger partial charge in [-0.05, 0) is 11.6 Å². The summed E-state index contributed by atoms with van der Waals surface area (Å²) in [4.78, 5) is 20.1. The summed E-state index contributed by atoms with van der Waals surface area (Å²) in [7, 11) is 3.23. The summed E-state index contributed by atoms with van der Waals surface area (Å²) >= 11 is 0. The van der Waals surface area contributed by atoms with Gasteiger partial charge < -0.3 is 9.30 Å². The number of esters is 1. The molecule has 0 saturated carbocycles. The van der Waals surface area contributed by atoms with Crippen LogP contribution in [0.15, 0.2) is 42.6 Å². The smallest absolute Gasteiger partial charge is 0.358 e. The summed E-state index contributed by atoms with van der Waals surface area (Å²) in [5, 5.41) is 0. The number of carbonyl (C=O) groups excluding carboxylic acids is 1. The summed E-state index contributed by atoms with van der Waals surface area (Å²) < 4.78 is 6.59. The lowest BCUT2D eigenvalue weighted by atomic mass is 10.1. The zero-order valence-electron chi connectivity index (χ0n) is 11.2. The van der Waals surface area contributed by atoms with Gasteiger partial charge in [0.2, 0.25) is 0 Å². The lowest BCUT2D eigenvalue weighted by Gasteiger charge is -2.03. The number of aromatic nitrogens is 3. The molecule has 0 atom stereocenters. The fourth-order valence-electron chi connectivity index (χ4n) is 2.17. The highest BCUT2D eigenvalue weighted by molar-refractivity contribution is 5.90. The van der Waals surface area contributed by atoms with E-state index in [-0.39, 0.29) is 5.69 Å². The van der Waals surface area contributed by atoms with Gasteiger partial charge in [0, 0.05) is 7.05 Å². The van der Waals surface area contributed by atoms with E-state index >= 15 is 0 Å². The van der Waals surface area contributed by atoms with Gasteiger partial charge >= 0.3 is 5.97 Å². The summed E-state index contributed by atoms with van der Waals surface area (Å²) in [5.74, 6) is -0.484. The van der Waals surface area contributed by atoms with Crippen molar-refractivity contribution >= 4 is 17.1 Å². The quantitative estimate of drug-likeness (QED) is 0.669. The first-order valence-corrected chi connectivity index (χ1v) is 6.17. The highest BCUT2D eigenvalue weighted by Gasteiger charge is 2.14. The Hall–Kier alpha value is -2.69. The molecule has 3 rings (SSSR count). The van der Waals surface area contributed by atoms with Crippen molar-refractivity contribution in [1.29, 1.82) is 0 Å². The second-order valence-electron chi connectivity index (χ2n) is 4.41. The number of methoxy groups -OCH3 is 1. The fourth-order valence-corrected chi connectivity index (χ4v) is 2.17. The number of carbonyl (C=O) groups is 1. The van der Waals surface area contributed by atoms with E-state index in [9.17, 15) is 4.79 Å². The molecule has 2 heterocycles. The van der Waals surface area contributed by atoms with Crippen LogP contribution in [-0.2, 0) is 11.8 Å². The molecule has 0 spiro atoms. The topological polar surface area (TPSA) is 57.0 Å². The molecule has 0 amide bonds. The molecule has 3 aromatic rings. The molecule has 20 heavy (non-hydrogen) atoms. The standard InChI is InChI=1S/C15H13N3O2/c1-18-13(10-6-4-3-5-7-10)8-11-14(18)17-12(9-16-11)15(19)20-2/h3-9H,1-2H3. The van der Waals surface area contributed by atoms with Gasteiger partial charge in [0.15, 0.2) is 11.3 Å². The minimum absolute atomic E-state index is 0.209. The Morgan fingerprint density at radius 2 is 2.00 bits per heavy atom. The zero-order chi connectivity index (χ0) is 14.1. The molecule has 1 aromatic carbocycles. The van der Waals surface area contributed by atoms with Crippen LogP contribution in [0.25, 0.3) is 22.4 Å². The maximum Gasteiger partial charge on any atom is 0.358 e. The van der Waals surface area contributed by atoms with Crippen molar-refractivity contribution in [2.24, 2.45) is 7.05 Å². The van der Waals surface area contributed by atoms with Crippen LogP contribution in [0.2, 0.25) is 0 Å². The molecule has 5 nitrogen and oxygen atoms in total. The number of fused-ring (bicyclic) bond motifs is 1. The molecule has 0 fully saturated rings. The number of nitrogens with zero attached hydrogens (tertiary/aromatic N) is 3. The number of benzene rings is 1. The number of ether oxygens (including phenoxy) is 1. The molecular weight excluding hydrogens is 254 g/mol. The first-order chi connectivity index (χ1) is 9.70. The number of aryl methyl sites for hydroxylation is 1. The van der Waals surface area contributed by atoms with Crippen molar-refractivity contribution < 1.29 is 9.53 Å². The summed E-state index contributed by atoms with van der Waals surface area (Å²) in [6.07, 6.45) is 1.43. The van der Waals surface area contributed by atoms with Gasteiger partial charge in [-0.25, -0.2) is 9.78 Å². The average molecular weight is 267 g/mol. The Balaban J connectivity index is 2.18. The van der Waals surface area contributed by atoms with Gasteiger partial charge in [-0.15, -0.1) is 0 Å². The monoisotopic (exact) mass is 267 g/mol. The Morgan fingerprint density at radius 1 is 1.25 bits per heavy atom. The van der Waals surface area contributed by atoms with Crippen LogP contribution in [0.3, 0.4) is 0 Å². The summed E-state index contributed by atoms with van der Waals surface area (Å²) in [6, 6.07) is 11.9. The molecule has 0 saturated heterocycles. The van der Waals surface area contributed by atoms with Crippen LogP contribution in [-0.4, -0.2) is 27.6 Å². The Bertz CT molecular complexity index is 778. The predicted octanol–water partition coefficient (Wildman–Crippen LogP) is 2.42. The molecule has 0 aliphatic carbocycles. The molecule has 0 N–H and O–H groups in total. The summed E-state index contributed by atoms with van der Waals surface area (Å²) in [5.41, 5.74) is 3.70. The zero-order valence-corrected chi connectivity index (χ0v) is 11.2. The lowest BCUT2D eigenvalue weighted by Crippen LogP contribution is -2.06. The molecule has 2 aromatic heterocycles. The first kappa shape index (κ1) is 12.3. The van der Waals surface area contributed by atoms with Crippen molar-refractivity contribution in [3.05, 3.63) is 48.3 Å². The molecule has 5 heteroatoms. The van der Waals surface area contributed by atoms with Gasteiger partial charge in [-0.1, -0.05) is 30.3 Å². The maximum absolute atomic E-state index is 11.5. The van der Waals surface area contributed by atoms with Crippen molar-refractivity contribution in [2.45, 2.75) is 0 Å². The minimum atomic E-state index is -0.484. The van der Waals surface area contributed by atoms with E-state index in [1.54, 1.807) is 0 Å². The second kappa shape index (κ2) is 4.77. The van der Waals surface area contributed by atoms with E-state index in [4.69, 9.17) is 0 Å². The lowest BCUT2D eigenvalue weighted by molar-refractivity contribution is 0.0594. The molecule has 100 valence electrons. The molecule has 0 radical (unpaired) electrons. The predicted molar refractivity (Wildman–Crippen MR) is 75.3 cm³/mol. The molecule has 0 bridgehead atoms. The van der Waals surface area contributed by atoms with Crippen LogP contribution in [0.5, 0.6) is 0 Å². The van der Waals surface area contributed by atoms with E-state index in [1.807, 2.05) is 48.0 Å². The van der Waals surface area contributed by atoms with Crippen LogP contribution in [0, 0.1) is 0 Å². The van der Waals surface area contributed by atoms with Crippen LogP contribution in [0.1, 0.15) is 10.5 Å². The largest absolute Gasteiger partial charge is 0.464 e. The van der Waals surface area contributed by atoms with Crippen molar-refractivity contribution in [3.63, 3.8) is 0 Å². The van der Waals surface area contributed by atoms with E-state index in [0.717, 1.165) is 16.8 Å². The highest BCUT2D eigenvalue weighted by Crippen LogP contribution is 2.24. The van der Waals surface area contributed by atoms with E-state index in [1.165, 1.54) is 13.3 Å². The van der Waals surface area contributed by atoms with E-state index in [0.29, 0.717) is 5.65 Å². The van der Waals surface area contributed by atoms with Crippen molar-refractivity contribution in [3.8, 4) is 11.3 Å². The van der Waals surface area contributed by atoms with Crippen LogP contribution in [0.4, 0.5) is 0 Å². The van der Waals surface area contributed by atoms with Gasteiger partial charge in [-0.3, -0.25) is 4.98 Å². The molecule has 0 unspecified atom stereocenters. The molecular formula is C15H13N3O2. The average Bonchev–Trinajstić information content (AvgIpc) is 2.84. The number of hydrogen-bond acceptors (Lipinski definition) is 4. The first-order valence-electron chi connectivity index (χ1n) is 6.17. The highest BCUT2D eigenvalue weighted by atomic mass is 16.5. The second-order valence-corrected chi connectivity index (χ2v) is 4.41. The Morgan fingerprint density at radius 3 is 2.70 bits per heavy atom. The Labute approximate surface area is 115 Å².